The van der Waals surface area contributed by atoms with Crippen molar-refractivity contribution in [2.45, 2.75) is 67.6 Å². The summed E-state index contributed by atoms with van der Waals surface area (Å²) in [6.07, 6.45) is -1.20. The van der Waals surface area contributed by atoms with Crippen LogP contribution < -0.4 is 4.72 Å². The van der Waals surface area contributed by atoms with Crippen molar-refractivity contribution in [2.24, 2.45) is 0 Å². The van der Waals surface area contributed by atoms with E-state index in [1.165, 1.54) is 48.5 Å². The molecule has 0 heterocycles. The minimum Gasteiger partial charge on any atom is -0.273 e. The highest BCUT2D eigenvalue weighted by Crippen LogP contribution is 2.24. The van der Waals surface area contributed by atoms with E-state index < -0.39 is 53.9 Å². The number of hydrogen-bond donors (Lipinski definition) is 2. The summed E-state index contributed by atoms with van der Waals surface area (Å²) < 4.78 is 90.0. The first-order chi connectivity index (χ1) is 16.2. The molecular formula is C22H29NO9S3. The first-order valence-corrected chi connectivity index (χ1v) is 15.1. The van der Waals surface area contributed by atoms with Gasteiger partial charge in [-0.1, -0.05) is 48.7 Å². The van der Waals surface area contributed by atoms with E-state index in [1.54, 1.807) is 20.8 Å². The molecular weight excluding hydrogens is 518 g/mol. The van der Waals surface area contributed by atoms with Gasteiger partial charge in [-0.25, -0.2) is 25.7 Å². The average Bonchev–Trinajstić information content (AvgIpc) is 2.73. The van der Waals surface area contributed by atoms with Gasteiger partial charge in [0, 0.05) is 0 Å². The van der Waals surface area contributed by atoms with Gasteiger partial charge < -0.3 is 0 Å². The smallest absolute Gasteiger partial charge is 0.273 e. The number of carbonyl (C=O) groups excluding carboxylic acids is 1. The van der Waals surface area contributed by atoms with Gasteiger partial charge in [0.1, 0.15) is 5.25 Å². The molecule has 2 N–H and O–H groups in total. The van der Waals surface area contributed by atoms with Crippen molar-refractivity contribution < 1.29 is 38.8 Å². The molecule has 2 rings (SSSR count). The average molecular weight is 548 g/mol. The van der Waals surface area contributed by atoms with Gasteiger partial charge in [-0.05, 0) is 57.4 Å². The summed E-state index contributed by atoms with van der Waals surface area (Å²) in [6, 6.07) is 11.3. The third kappa shape index (κ3) is 8.39. The Hall–Kier alpha value is -2.32. The van der Waals surface area contributed by atoms with Gasteiger partial charge in [-0.15, -0.1) is 0 Å². The zero-order valence-corrected chi connectivity index (χ0v) is 22.0. The lowest BCUT2D eigenvalue weighted by molar-refractivity contribution is -0.119. The molecule has 1 unspecified atom stereocenters. The van der Waals surface area contributed by atoms with Crippen LogP contribution in [-0.4, -0.2) is 47.1 Å². The molecule has 0 saturated heterocycles. The highest BCUT2D eigenvalue weighted by atomic mass is 32.3. The first kappa shape index (κ1) is 28.9. The number of hydrogen-bond acceptors (Lipinski definition) is 8. The molecule has 0 aliphatic heterocycles. The fraction of sp³-hybridized carbons (Fsp3) is 0.409. The number of benzene rings is 2. The fourth-order valence-electron chi connectivity index (χ4n) is 3.37. The molecule has 2 aromatic carbocycles. The Bertz CT molecular complexity index is 1330. The van der Waals surface area contributed by atoms with Crippen molar-refractivity contribution in [3.8, 4) is 0 Å². The fourth-order valence-corrected chi connectivity index (χ4v) is 6.63. The van der Waals surface area contributed by atoms with E-state index in [0.717, 1.165) is 11.1 Å². The lowest BCUT2D eigenvalue weighted by Gasteiger charge is -2.21. The molecule has 194 valence electrons. The summed E-state index contributed by atoms with van der Waals surface area (Å²) in [7, 11) is -13.6. The van der Waals surface area contributed by atoms with Gasteiger partial charge in [-0.2, -0.15) is 8.42 Å². The van der Waals surface area contributed by atoms with Gasteiger partial charge in [0.25, 0.3) is 15.9 Å². The number of sulfone groups is 1. The van der Waals surface area contributed by atoms with Crippen LogP contribution in [0, 0.1) is 13.8 Å². The minimum atomic E-state index is -4.82. The second-order valence-electron chi connectivity index (χ2n) is 8.14. The quantitative estimate of drug-likeness (QED) is 0.381. The maximum Gasteiger partial charge on any atom is 0.397 e. The van der Waals surface area contributed by atoms with Crippen LogP contribution in [0.15, 0.2) is 58.3 Å². The van der Waals surface area contributed by atoms with Gasteiger partial charge in [-0.3, -0.25) is 9.35 Å². The SMILES string of the molecule is CCC[C@H](CCC(C(=O)NS(=O)(=O)c1ccc(C)cc1)S(=O)(=O)c1ccc(C)cc1)OS(=O)(=O)O. The highest BCUT2D eigenvalue weighted by Gasteiger charge is 2.37. The molecule has 35 heavy (non-hydrogen) atoms. The van der Waals surface area contributed by atoms with E-state index in [9.17, 15) is 30.0 Å². The summed E-state index contributed by atoms with van der Waals surface area (Å²) in [4.78, 5) is 12.6. The molecule has 0 aromatic heterocycles. The van der Waals surface area contributed by atoms with Crippen LogP contribution in [0.25, 0.3) is 0 Å². The maximum absolute atomic E-state index is 13.3. The van der Waals surface area contributed by atoms with E-state index in [2.05, 4.69) is 4.18 Å². The van der Waals surface area contributed by atoms with Gasteiger partial charge in [0.15, 0.2) is 9.84 Å². The predicted octanol–water partition coefficient (Wildman–Crippen LogP) is 2.72. The van der Waals surface area contributed by atoms with Crippen molar-refractivity contribution in [3.05, 3.63) is 59.7 Å². The van der Waals surface area contributed by atoms with Gasteiger partial charge >= 0.3 is 10.4 Å². The van der Waals surface area contributed by atoms with Crippen molar-refractivity contribution in [2.75, 3.05) is 0 Å². The molecule has 2 atom stereocenters. The standard InChI is InChI=1S/C22H29NO9S3/c1-4-5-18(32-35(29,30)31)10-15-21(33(25,26)19-11-6-16(2)7-12-19)22(24)23-34(27,28)20-13-8-17(3)9-14-20/h6-9,11-14,18,21H,4-5,10,15H2,1-3H3,(H,23,24)(H,29,30,31)/t18-,21?/m1/s1. The monoisotopic (exact) mass is 547 g/mol. The van der Waals surface area contributed by atoms with Crippen LogP contribution in [0.1, 0.15) is 43.7 Å². The number of sulfonamides is 1. The zero-order chi connectivity index (χ0) is 26.4. The predicted molar refractivity (Wildman–Crippen MR) is 129 cm³/mol. The molecule has 13 heteroatoms. The third-order valence-corrected chi connectivity index (χ3v) is 9.21. The summed E-state index contributed by atoms with van der Waals surface area (Å²) in [5.74, 6) is -1.28. The minimum absolute atomic E-state index is 0.153. The lowest BCUT2D eigenvalue weighted by Crippen LogP contribution is -2.43. The van der Waals surface area contributed by atoms with E-state index in [0.29, 0.717) is 6.42 Å². The number of amides is 1. The largest absolute Gasteiger partial charge is 0.397 e. The summed E-state index contributed by atoms with van der Waals surface area (Å²) in [6.45, 7) is 5.22. The van der Waals surface area contributed by atoms with Crippen LogP contribution in [0.4, 0.5) is 0 Å². The Kier molecular flexibility index (Phi) is 9.59. The van der Waals surface area contributed by atoms with E-state index in [1.807, 2.05) is 4.72 Å². The molecule has 0 spiro atoms. The maximum atomic E-state index is 13.3. The highest BCUT2D eigenvalue weighted by molar-refractivity contribution is 7.93. The van der Waals surface area contributed by atoms with Crippen LogP contribution >= 0.6 is 0 Å². The van der Waals surface area contributed by atoms with E-state index >= 15 is 0 Å². The molecule has 0 saturated carbocycles. The lowest BCUT2D eigenvalue weighted by atomic mass is 10.1. The molecule has 2 aromatic rings. The Morgan fingerprint density at radius 3 is 1.77 bits per heavy atom. The summed E-state index contributed by atoms with van der Waals surface area (Å²) >= 11 is 0. The van der Waals surface area contributed by atoms with Crippen LogP contribution in [0.3, 0.4) is 0 Å². The van der Waals surface area contributed by atoms with E-state index in [4.69, 9.17) is 4.55 Å². The molecule has 0 aliphatic carbocycles. The van der Waals surface area contributed by atoms with Crippen molar-refractivity contribution >= 4 is 36.2 Å². The van der Waals surface area contributed by atoms with E-state index in [-0.39, 0.29) is 22.6 Å². The zero-order valence-electron chi connectivity index (χ0n) is 19.5. The Labute approximate surface area is 206 Å². The molecule has 0 aliphatic rings. The second-order valence-corrected chi connectivity index (χ2v) is 13.0. The van der Waals surface area contributed by atoms with Crippen molar-refractivity contribution in [1.29, 1.82) is 0 Å². The van der Waals surface area contributed by atoms with Crippen molar-refractivity contribution in [3.63, 3.8) is 0 Å². The summed E-state index contributed by atoms with van der Waals surface area (Å²) in [5, 5.41) is -1.87. The first-order valence-electron chi connectivity index (χ1n) is 10.8. The Morgan fingerprint density at radius 2 is 1.31 bits per heavy atom. The Balaban J connectivity index is 2.40. The number of nitrogens with one attached hydrogen (secondary N) is 1. The van der Waals surface area contributed by atoms with Crippen molar-refractivity contribution in [1.82, 2.24) is 4.72 Å². The second kappa shape index (κ2) is 11.6. The summed E-state index contributed by atoms with van der Waals surface area (Å²) in [5.41, 5.74) is 1.56. The molecule has 0 bridgehead atoms. The van der Waals surface area contributed by atoms with Gasteiger partial charge in [0.2, 0.25) is 0 Å². The van der Waals surface area contributed by atoms with Crippen LogP contribution in [-0.2, 0) is 39.2 Å². The molecule has 0 radical (unpaired) electrons. The topological polar surface area (TPSA) is 161 Å². The number of aryl methyl sites for hydroxylation is 2. The normalized spacial score (nSPS) is 14.3. The molecule has 1 amide bonds. The van der Waals surface area contributed by atoms with Crippen LogP contribution in [0.2, 0.25) is 0 Å². The molecule has 0 fully saturated rings. The molecule has 10 nitrogen and oxygen atoms in total. The third-order valence-electron chi connectivity index (χ3n) is 5.20. The van der Waals surface area contributed by atoms with Gasteiger partial charge in [0.05, 0.1) is 15.9 Å². The Morgan fingerprint density at radius 1 is 0.829 bits per heavy atom. The number of carbonyl (C=O) groups is 1. The van der Waals surface area contributed by atoms with Crippen LogP contribution in [0.5, 0.6) is 0 Å². The number of rotatable bonds is 12.